The maximum atomic E-state index is 12.8. The van der Waals surface area contributed by atoms with E-state index >= 15 is 0 Å². The van der Waals surface area contributed by atoms with Gasteiger partial charge in [0.1, 0.15) is 24.3 Å². The first-order valence-corrected chi connectivity index (χ1v) is 8.39. The van der Waals surface area contributed by atoms with Crippen molar-refractivity contribution in [1.82, 2.24) is 5.32 Å². The number of fused-ring (bicyclic) bond motifs is 1. The second-order valence-corrected chi connectivity index (χ2v) is 6.68. The molecule has 0 spiro atoms. The van der Waals surface area contributed by atoms with E-state index in [0.717, 1.165) is 12.8 Å². The molecule has 1 heterocycles. The third kappa shape index (κ3) is 4.09. The number of halogens is 1. The van der Waals surface area contributed by atoms with Crippen LogP contribution in [-0.2, 0) is 12.8 Å². The predicted molar refractivity (Wildman–Crippen MR) is 86.6 cm³/mol. The van der Waals surface area contributed by atoms with Gasteiger partial charge in [0.05, 0.1) is 4.88 Å². The maximum Gasteiger partial charge on any atom is 0.261 e. The minimum absolute atomic E-state index is 0.0346. The molecular weight excluding hydrogens is 317 g/mol. The summed E-state index contributed by atoms with van der Waals surface area (Å²) in [5, 5.41) is 12.6. The SMILES string of the molecule is O=C(NCC(O)COc1ccc(F)cc1)c1cc2c(s1)CCC2. The zero-order chi connectivity index (χ0) is 16.2. The summed E-state index contributed by atoms with van der Waals surface area (Å²) in [6.45, 7) is 0.148. The number of carbonyl (C=O) groups is 1. The van der Waals surface area contributed by atoms with Crippen LogP contribution in [0, 0.1) is 5.82 Å². The Bertz CT molecular complexity index is 662. The molecule has 6 heteroatoms. The first-order chi connectivity index (χ1) is 11.1. The van der Waals surface area contributed by atoms with Gasteiger partial charge in [0, 0.05) is 11.4 Å². The topological polar surface area (TPSA) is 58.6 Å². The zero-order valence-corrected chi connectivity index (χ0v) is 13.4. The summed E-state index contributed by atoms with van der Waals surface area (Å²) in [5.41, 5.74) is 1.28. The molecule has 1 aromatic heterocycles. The molecule has 0 radical (unpaired) electrons. The van der Waals surface area contributed by atoms with Crippen molar-refractivity contribution in [1.29, 1.82) is 0 Å². The third-order valence-electron chi connectivity index (χ3n) is 3.72. The molecule has 1 atom stereocenters. The number of nitrogens with one attached hydrogen (secondary N) is 1. The molecule has 0 fully saturated rings. The van der Waals surface area contributed by atoms with Crippen molar-refractivity contribution in [3.8, 4) is 5.75 Å². The predicted octanol–water partition coefficient (Wildman–Crippen LogP) is 2.55. The molecule has 0 saturated heterocycles. The van der Waals surface area contributed by atoms with Crippen LogP contribution in [0.5, 0.6) is 5.75 Å². The van der Waals surface area contributed by atoms with Gasteiger partial charge in [-0.3, -0.25) is 4.79 Å². The van der Waals surface area contributed by atoms with Crippen molar-refractivity contribution < 1.29 is 19.0 Å². The Kier molecular flexibility index (Phi) is 4.93. The van der Waals surface area contributed by atoms with Crippen molar-refractivity contribution in [2.75, 3.05) is 13.2 Å². The first kappa shape index (κ1) is 16.0. The Balaban J connectivity index is 1.43. The van der Waals surface area contributed by atoms with Crippen molar-refractivity contribution >= 4 is 17.2 Å². The van der Waals surface area contributed by atoms with Gasteiger partial charge in [-0.1, -0.05) is 0 Å². The number of ether oxygens (including phenoxy) is 1. The van der Waals surface area contributed by atoms with Gasteiger partial charge in [0.15, 0.2) is 0 Å². The highest BCUT2D eigenvalue weighted by atomic mass is 32.1. The van der Waals surface area contributed by atoms with Crippen LogP contribution in [-0.4, -0.2) is 30.3 Å². The van der Waals surface area contributed by atoms with Crippen molar-refractivity contribution in [2.24, 2.45) is 0 Å². The van der Waals surface area contributed by atoms with Crippen molar-refractivity contribution in [3.63, 3.8) is 0 Å². The Morgan fingerprint density at radius 2 is 2.13 bits per heavy atom. The lowest BCUT2D eigenvalue weighted by Crippen LogP contribution is -2.35. The highest BCUT2D eigenvalue weighted by Gasteiger charge is 2.18. The molecule has 1 unspecified atom stereocenters. The molecule has 1 amide bonds. The third-order valence-corrected chi connectivity index (χ3v) is 4.96. The second kappa shape index (κ2) is 7.10. The van der Waals surface area contributed by atoms with Crippen LogP contribution in [0.15, 0.2) is 30.3 Å². The van der Waals surface area contributed by atoms with Crippen molar-refractivity contribution in [2.45, 2.75) is 25.4 Å². The van der Waals surface area contributed by atoms with Gasteiger partial charge in [-0.25, -0.2) is 4.39 Å². The van der Waals surface area contributed by atoms with Gasteiger partial charge in [-0.05, 0) is 55.2 Å². The van der Waals surface area contributed by atoms with Gasteiger partial charge in [0.25, 0.3) is 5.91 Å². The minimum Gasteiger partial charge on any atom is -0.491 e. The Morgan fingerprint density at radius 3 is 2.87 bits per heavy atom. The summed E-state index contributed by atoms with van der Waals surface area (Å²) in [6, 6.07) is 7.52. The Morgan fingerprint density at radius 1 is 1.35 bits per heavy atom. The van der Waals surface area contributed by atoms with Crippen LogP contribution in [0.1, 0.15) is 26.5 Å². The molecule has 2 N–H and O–H groups in total. The van der Waals surface area contributed by atoms with E-state index in [1.807, 2.05) is 6.07 Å². The van der Waals surface area contributed by atoms with E-state index in [2.05, 4.69) is 5.32 Å². The molecule has 122 valence electrons. The van der Waals surface area contributed by atoms with Crippen LogP contribution in [0.3, 0.4) is 0 Å². The zero-order valence-electron chi connectivity index (χ0n) is 12.5. The van der Waals surface area contributed by atoms with Crippen LogP contribution >= 0.6 is 11.3 Å². The van der Waals surface area contributed by atoms with Gasteiger partial charge < -0.3 is 15.2 Å². The number of hydrogen-bond acceptors (Lipinski definition) is 4. The second-order valence-electron chi connectivity index (χ2n) is 5.54. The van der Waals surface area contributed by atoms with E-state index in [1.54, 1.807) is 0 Å². The van der Waals surface area contributed by atoms with Crippen LogP contribution in [0.25, 0.3) is 0 Å². The quantitative estimate of drug-likeness (QED) is 0.853. The normalized spacial score (nSPS) is 14.3. The van der Waals surface area contributed by atoms with E-state index in [0.29, 0.717) is 10.6 Å². The summed E-state index contributed by atoms with van der Waals surface area (Å²) in [4.78, 5) is 14.1. The summed E-state index contributed by atoms with van der Waals surface area (Å²) < 4.78 is 18.1. The molecule has 3 rings (SSSR count). The molecule has 1 aliphatic rings. The molecular formula is C17H18FNO3S. The minimum atomic E-state index is -0.823. The average Bonchev–Trinajstić information content (AvgIpc) is 3.13. The van der Waals surface area contributed by atoms with E-state index in [9.17, 15) is 14.3 Å². The van der Waals surface area contributed by atoms with E-state index in [-0.39, 0.29) is 24.9 Å². The number of rotatable bonds is 6. The lowest BCUT2D eigenvalue weighted by atomic mass is 10.2. The smallest absolute Gasteiger partial charge is 0.261 e. The van der Waals surface area contributed by atoms with Gasteiger partial charge in [0.2, 0.25) is 0 Å². The number of aliphatic hydroxyl groups excluding tert-OH is 1. The molecule has 0 aliphatic heterocycles. The molecule has 1 aromatic carbocycles. The number of carbonyl (C=O) groups excluding carboxylic acids is 1. The van der Waals surface area contributed by atoms with Crippen LogP contribution in [0.4, 0.5) is 4.39 Å². The first-order valence-electron chi connectivity index (χ1n) is 7.58. The van der Waals surface area contributed by atoms with Crippen molar-refractivity contribution in [3.05, 3.63) is 51.5 Å². The largest absolute Gasteiger partial charge is 0.491 e. The summed E-state index contributed by atoms with van der Waals surface area (Å²) >= 11 is 1.53. The van der Waals surface area contributed by atoms with E-state index in [1.165, 1.54) is 52.5 Å². The lowest BCUT2D eigenvalue weighted by molar-refractivity contribution is 0.0846. The summed E-state index contributed by atoms with van der Waals surface area (Å²) in [7, 11) is 0. The fourth-order valence-corrected chi connectivity index (χ4v) is 3.69. The summed E-state index contributed by atoms with van der Waals surface area (Å²) in [5.74, 6) is -0.0234. The summed E-state index contributed by atoms with van der Waals surface area (Å²) in [6.07, 6.45) is 2.45. The van der Waals surface area contributed by atoms with Gasteiger partial charge in [-0.2, -0.15) is 0 Å². The number of hydrogen-bond donors (Lipinski definition) is 2. The van der Waals surface area contributed by atoms with E-state index in [4.69, 9.17) is 4.74 Å². The van der Waals surface area contributed by atoms with Crippen LogP contribution in [0.2, 0.25) is 0 Å². The highest BCUT2D eigenvalue weighted by molar-refractivity contribution is 7.14. The molecule has 0 saturated carbocycles. The number of benzene rings is 1. The fraction of sp³-hybridized carbons (Fsp3) is 0.353. The Hall–Kier alpha value is -1.92. The standard InChI is InChI=1S/C17H18FNO3S/c18-12-4-6-14(7-5-12)22-10-13(20)9-19-17(21)16-8-11-2-1-3-15(11)23-16/h4-8,13,20H,1-3,9-10H2,(H,19,21). The molecule has 1 aliphatic carbocycles. The maximum absolute atomic E-state index is 12.8. The lowest BCUT2D eigenvalue weighted by Gasteiger charge is -2.13. The Labute approximate surface area is 137 Å². The molecule has 2 aromatic rings. The monoisotopic (exact) mass is 335 g/mol. The highest BCUT2D eigenvalue weighted by Crippen LogP contribution is 2.30. The van der Waals surface area contributed by atoms with Gasteiger partial charge in [-0.15, -0.1) is 11.3 Å². The van der Waals surface area contributed by atoms with E-state index < -0.39 is 6.10 Å². The fourth-order valence-electron chi connectivity index (χ4n) is 2.52. The average molecular weight is 335 g/mol. The molecule has 0 bridgehead atoms. The van der Waals surface area contributed by atoms with Gasteiger partial charge >= 0.3 is 0 Å². The number of amides is 1. The molecule has 23 heavy (non-hydrogen) atoms. The van der Waals surface area contributed by atoms with Crippen LogP contribution < -0.4 is 10.1 Å². The number of thiophene rings is 1. The molecule has 4 nitrogen and oxygen atoms in total. The number of aliphatic hydroxyl groups is 1. The number of aryl methyl sites for hydroxylation is 2.